The van der Waals surface area contributed by atoms with Crippen LogP contribution in [0.2, 0.25) is 0 Å². The molecule has 0 heterocycles. The minimum Gasteiger partial charge on any atom is -0.168 e. The van der Waals surface area contributed by atoms with Gasteiger partial charge in [0.15, 0.2) is 6.54 Å². The fourth-order valence-corrected chi connectivity index (χ4v) is 4.92. The summed E-state index contributed by atoms with van der Waals surface area (Å²) in [5, 5.41) is 4.18. The first-order chi connectivity index (χ1) is 8.56. The predicted octanol–water partition coefficient (Wildman–Crippen LogP) is 3.14. The largest absolute Gasteiger partial charge is 0.168 e. The molecule has 4 bridgehead atoms. The van der Waals surface area contributed by atoms with Crippen LogP contribution < -0.4 is 0 Å². The summed E-state index contributed by atoms with van der Waals surface area (Å²) < 4.78 is 0.232. The molecule has 4 aliphatic carbocycles. The average molecular weight is 249 g/mol. The highest BCUT2D eigenvalue weighted by Gasteiger charge is 2.55. The first-order valence-electron chi connectivity index (χ1n) is 7.22. The fourth-order valence-electron chi connectivity index (χ4n) is 4.92. The fraction of sp³-hybridized carbons (Fsp3) is 0.800. The lowest BCUT2D eigenvalue weighted by atomic mass is 9.54. The van der Waals surface area contributed by atoms with E-state index in [1.54, 1.807) is 0 Å². The van der Waals surface area contributed by atoms with Crippen LogP contribution in [0.25, 0.3) is 0 Å². The van der Waals surface area contributed by atoms with Crippen molar-refractivity contribution in [3.8, 4) is 0 Å². The Labute approximate surface area is 110 Å². The van der Waals surface area contributed by atoms with Gasteiger partial charge in [-0.2, -0.15) is 4.84 Å². The summed E-state index contributed by atoms with van der Waals surface area (Å²) in [5.41, 5.74) is 0.0771. The standard InChI is InChI=1S/C15H25N2O/c1-4-5-17(3,16-2)18-15-9-12-6-13(10-15)8-14(7-12)11-15/h4,12-14H,1-2,5-11H2,3H3/q+1. The van der Waals surface area contributed by atoms with Crippen molar-refractivity contribution in [2.24, 2.45) is 22.9 Å². The van der Waals surface area contributed by atoms with E-state index >= 15 is 0 Å². The molecule has 3 heteroatoms. The lowest BCUT2D eigenvalue weighted by molar-refractivity contribution is -1.10. The number of rotatable bonds is 5. The second-order valence-electron chi connectivity index (χ2n) is 6.86. The van der Waals surface area contributed by atoms with E-state index in [-0.39, 0.29) is 10.4 Å². The van der Waals surface area contributed by atoms with Crippen LogP contribution in [0.15, 0.2) is 17.8 Å². The monoisotopic (exact) mass is 249 g/mol. The number of quaternary nitrogens is 1. The van der Waals surface area contributed by atoms with Gasteiger partial charge in [0.05, 0.1) is 6.72 Å². The summed E-state index contributed by atoms with van der Waals surface area (Å²) in [5.74, 6) is 2.70. The molecule has 3 nitrogen and oxygen atoms in total. The molecule has 0 radical (unpaired) electrons. The smallest absolute Gasteiger partial charge is 0.154 e. The number of likely N-dealkylation sites (N-methyl/N-ethyl adjacent to an activating group) is 1. The van der Waals surface area contributed by atoms with Crippen molar-refractivity contribution < 1.29 is 9.59 Å². The van der Waals surface area contributed by atoms with Crippen LogP contribution in [0.4, 0.5) is 0 Å². The van der Waals surface area contributed by atoms with Crippen LogP contribution in [-0.4, -0.2) is 30.7 Å². The Bertz CT molecular complexity index is 330. The summed E-state index contributed by atoms with van der Waals surface area (Å²) in [6.45, 7) is 8.20. The molecule has 0 aromatic carbocycles. The minimum absolute atomic E-state index is 0.0771. The summed E-state index contributed by atoms with van der Waals surface area (Å²) in [6.07, 6.45) is 9.90. The summed E-state index contributed by atoms with van der Waals surface area (Å²) in [6, 6.07) is 0. The Balaban J connectivity index is 1.79. The first-order valence-corrected chi connectivity index (χ1v) is 7.22. The maximum atomic E-state index is 6.46. The topological polar surface area (TPSA) is 21.6 Å². The van der Waals surface area contributed by atoms with Gasteiger partial charge in [-0.1, -0.05) is 16.4 Å². The molecule has 0 spiro atoms. The van der Waals surface area contributed by atoms with E-state index in [9.17, 15) is 0 Å². The van der Waals surface area contributed by atoms with Crippen molar-refractivity contribution in [1.29, 1.82) is 0 Å². The number of nitrogens with zero attached hydrogens (tertiary/aromatic N) is 2. The van der Waals surface area contributed by atoms with Gasteiger partial charge < -0.3 is 0 Å². The van der Waals surface area contributed by atoms with Crippen LogP contribution in [0.5, 0.6) is 0 Å². The molecule has 4 aliphatic rings. The van der Waals surface area contributed by atoms with Gasteiger partial charge in [-0.3, -0.25) is 0 Å². The van der Waals surface area contributed by atoms with E-state index in [0.717, 1.165) is 17.8 Å². The Morgan fingerprint density at radius 2 is 1.72 bits per heavy atom. The zero-order chi connectivity index (χ0) is 12.8. The van der Waals surface area contributed by atoms with E-state index < -0.39 is 0 Å². The minimum atomic E-state index is 0.0771. The Morgan fingerprint density at radius 1 is 1.22 bits per heavy atom. The van der Waals surface area contributed by atoms with Gasteiger partial charge in [0.25, 0.3) is 0 Å². The van der Waals surface area contributed by atoms with Crippen molar-refractivity contribution in [2.75, 3.05) is 13.6 Å². The van der Waals surface area contributed by atoms with E-state index in [1.807, 2.05) is 13.1 Å². The molecule has 18 heavy (non-hydrogen) atoms. The average Bonchev–Trinajstić information content (AvgIpc) is 2.26. The highest BCUT2D eigenvalue weighted by atomic mass is 16.8. The second kappa shape index (κ2) is 4.17. The predicted molar refractivity (Wildman–Crippen MR) is 72.8 cm³/mol. The molecule has 0 aromatic rings. The van der Waals surface area contributed by atoms with Crippen molar-refractivity contribution in [3.63, 3.8) is 0 Å². The molecule has 0 amide bonds. The maximum absolute atomic E-state index is 6.46. The van der Waals surface area contributed by atoms with Crippen molar-refractivity contribution >= 4 is 6.72 Å². The SMILES string of the molecule is C=CC[N+](C)(N=C)OC12CC3CC(CC(C3)C1)C2. The van der Waals surface area contributed by atoms with Crippen molar-refractivity contribution in [2.45, 2.75) is 44.1 Å². The van der Waals surface area contributed by atoms with Gasteiger partial charge in [-0.05, 0) is 62.4 Å². The van der Waals surface area contributed by atoms with Gasteiger partial charge in [-0.25, -0.2) is 0 Å². The molecule has 0 aliphatic heterocycles. The van der Waals surface area contributed by atoms with Crippen LogP contribution >= 0.6 is 0 Å². The molecule has 0 aromatic heterocycles. The van der Waals surface area contributed by atoms with Gasteiger partial charge in [-0.15, -0.1) is 0 Å². The molecular formula is C15H25N2O+. The lowest BCUT2D eigenvalue weighted by Crippen LogP contribution is -2.57. The van der Waals surface area contributed by atoms with E-state index in [1.165, 1.54) is 38.5 Å². The van der Waals surface area contributed by atoms with Gasteiger partial charge >= 0.3 is 0 Å². The third-order valence-corrected chi connectivity index (χ3v) is 5.14. The first kappa shape index (κ1) is 12.4. The molecule has 4 rings (SSSR count). The number of hydrogen-bond acceptors (Lipinski definition) is 2. The van der Waals surface area contributed by atoms with E-state index in [0.29, 0.717) is 6.54 Å². The Morgan fingerprint density at radius 3 is 2.11 bits per heavy atom. The van der Waals surface area contributed by atoms with Crippen LogP contribution in [0.1, 0.15) is 38.5 Å². The lowest BCUT2D eigenvalue weighted by Gasteiger charge is -2.55. The molecule has 0 N–H and O–H groups in total. The molecule has 4 fully saturated rings. The summed E-state index contributed by atoms with van der Waals surface area (Å²) >= 11 is 0. The molecule has 4 saturated carbocycles. The number of hydroxylamine groups is 2. The van der Waals surface area contributed by atoms with Crippen molar-refractivity contribution in [3.05, 3.63) is 12.7 Å². The van der Waals surface area contributed by atoms with Crippen LogP contribution in [0, 0.1) is 17.8 Å². The quantitative estimate of drug-likeness (QED) is 0.317. The zero-order valence-electron chi connectivity index (χ0n) is 11.5. The molecule has 100 valence electrons. The summed E-state index contributed by atoms with van der Waals surface area (Å²) in [7, 11) is 1.99. The third-order valence-electron chi connectivity index (χ3n) is 5.14. The van der Waals surface area contributed by atoms with Gasteiger partial charge in [0, 0.05) is 0 Å². The number of hydrogen-bond donors (Lipinski definition) is 0. The Kier molecular flexibility index (Phi) is 2.87. The van der Waals surface area contributed by atoms with Gasteiger partial charge in [0.2, 0.25) is 0 Å². The highest BCUT2D eigenvalue weighted by Crippen LogP contribution is 2.57. The normalized spacial score (nSPS) is 44.6. The second-order valence-corrected chi connectivity index (χ2v) is 6.86. The molecule has 1 unspecified atom stereocenters. The zero-order valence-corrected chi connectivity index (χ0v) is 11.5. The summed E-state index contributed by atoms with van der Waals surface area (Å²) in [4.78, 5) is 6.46. The highest BCUT2D eigenvalue weighted by molar-refractivity contribution is 5.21. The van der Waals surface area contributed by atoms with Crippen LogP contribution in [-0.2, 0) is 4.84 Å². The van der Waals surface area contributed by atoms with E-state index in [4.69, 9.17) is 4.84 Å². The van der Waals surface area contributed by atoms with Gasteiger partial charge in [0.1, 0.15) is 12.6 Å². The molecule has 1 atom stereocenters. The van der Waals surface area contributed by atoms with Crippen LogP contribution in [0.3, 0.4) is 0 Å². The third kappa shape index (κ3) is 2.04. The van der Waals surface area contributed by atoms with E-state index in [2.05, 4.69) is 18.4 Å². The molecule has 0 saturated heterocycles. The van der Waals surface area contributed by atoms with Crippen molar-refractivity contribution in [1.82, 2.24) is 0 Å². The Hall–Kier alpha value is -0.670. The maximum Gasteiger partial charge on any atom is 0.154 e. The molecular weight excluding hydrogens is 224 g/mol.